The number of furan rings is 1. The molecule has 0 N–H and O–H groups in total. The number of para-hydroxylation sites is 1. The molecular weight excluding hydrogens is 801 g/mol. The monoisotopic (exact) mass is 844 g/mol. The Labute approximate surface area is 384 Å². The second-order valence-corrected chi connectivity index (χ2v) is 18.1. The Morgan fingerprint density at radius 2 is 0.985 bits per heavy atom. The van der Waals surface area contributed by atoms with Gasteiger partial charge in [0, 0.05) is 38.5 Å². The highest BCUT2D eigenvalue weighted by molar-refractivity contribution is 6.15. The van der Waals surface area contributed by atoms with Crippen LogP contribution >= 0.6 is 0 Å². The molecule has 12 aromatic rings. The largest absolute Gasteiger partial charge is 0.456 e. The van der Waals surface area contributed by atoms with Crippen molar-refractivity contribution in [3.05, 3.63) is 242 Å². The van der Waals surface area contributed by atoms with Crippen LogP contribution in [0.2, 0.25) is 0 Å². The Bertz CT molecular complexity index is 3840. The fraction of sp³-hybridized carbons (Fsp3) is 0.0476. The number of hydrogen-bond donors (Lipinski definition) is 0. The maximum absolute atomic E-state index is 6.77. The third kappa shape index (κ3) is 5.90. The summed E-state index contributed by atoms with van der Waals surface area (Å²) in [7, 11) is 0. The Balaban J connectivity index is 1.01. The van der Waals surface area contributed by atoms with Crippen LogP contribution in [0.25, 0.3) is 93.9 Å². The molecule has 3 heteroatoms. The third-order valence-corrected chi connectivity index (χ3v) is 14.0. The minimum absolute atomic E-state index is 0.147. The van der Waals surface area contributed by atoms with Gasteiger partial charge in [0.2, 0.25) is 0 Å². The summed E-state index contributed by atoms with van der Waals surface area (Å²) in [6.07, 6.45) is 0. The molecule has 2 aromatic heterocycles. The molecule has 13 rings (SSSR count). The van der Waals surface area contributed by atoms with Crippen molar-refractivity contribution >= 4 is 60.8 Å². The molecule has 0 bridgehead atoms. The van der Waals surface area contributed by atoms with Crippen molar-refractivity contribution in [1.82, 2.24) is 4.57 Å². The first-order valence-electron chi connectivity index (χ1n) is 22.8. The first-order valence-corrected chi connectivity index (χ1v) is 22.8. The van der Waals surface area contributed by atoms with Gasteiger partial charge in [0.05, 0.1) is 27.8 Å². The number of aromatic nitrogens is 1. The lowest BCUT2D eigenvalue weighted by Gasteiger charge is -2.29. The zero-order valence-corrected chi connectivity index (χ0v) is 36.7. The van der Waals surface area contributed by atoms with E-state index in [1.807, 2.05) is 0 Å². The second-order valence-electron chi connectivity index (χ2n) is 18.1. The van der Waals surface area contributed by atoms with Crippen LogP contribution in [0.5, 0.6) is 0 Å². The smallest absolute Gasteiger partial charge is 0.137 e. The van der Waals surface area contributed by atoms with Crippen LogP contribution in [0, 0.1) is 0 Å². The molecule has 0 spiro atoms. The molecule has 0 fully saturated rings. The molecule has 1 aliphatic carbocycles. The minimum Gasteiger partial charge on any atom is -0.456 e. The standard InChI is InChI=1S/C63H44N2O/c1-63(2)53-24-11-9-23-51(53)61-54(63)25-14-27-56(61)64(47-34-30-43(31-35-47)41-16-5-3-6-17-41)57-28-15-29-60-62(57)52-39-45(33-37-59(52)66-60)46-32-36-50-49-22-10-12-26-55(49)65(58(50)40-46)48-21-13-20-44(38-48)42-18-7-4-8-19-42/h3-40H,1-2H3. The van der Waals surface area contributed by atoms with Crippen LogP contribution < -0.4 is 4.90 Å². The molecule has 10 aromatic carbocycles. The van der Waals surface area contributed by atoms with Gasteiger partial charge >= 0.3 is 0 Å². The molecular formula is C63H44N2O. The number of anilines is 3. The van der Waals surface area contributed by atoms with Crippen LogP contribution in [-0.4, -0.2) is 4.57 Å². The van der Waals surface area contributed by atoms with Crippen LogP contribution in [0.4, 0.5) is 17.1 Å². The summed E-state index contributed by atoms with van der Waals surface area (Å²) in [5.41, 5.74) is 20.6. The van der Waals surface area contributed by atoms with Gasteiger partial charge in [-0.3, -0.25) is 0 Å². The SMILES string of the molecule is CC1(C)c2ccccc2-c2c(N(c3ccc(-c4ccccc4)cc3)c3cccc4oc5ccc(-c6ccc7c8ccccc8n(-c8cccc(-c9ccccc9)c8)c7c6)cc5c34)cccc21. The summed E-state index contributed by atoms with van der Waals surface area (Å²) in [6.45, 7) is 4.70. The Morgan fingerprint density at radius 1 is 0.394 bits per heavy atom. The summed E-state index contributed by atoms with van der Waals surface area (Å²) in [4.78, 5) is 2.46. The van der Waals surface area contributed by atoms with Gasteiger partial charge in [-0.05, 0) is 117 Å². The lowest BCUT2D eigenvalue weighted by Crippen LogP contribution is -2.16. The molecule has 3 nitrogen and oxygen atoms in total. The van der Waals surface area contributed by atoms with Crippen LogP contribution in [-0.2, 0) is 5.41 Å². The van der Waals surface area contributed by atoms with E-state index >= 15 is 0 Å². The highest BCUT2D eigenvalue weighted by Crippen LogP contribution is 2.55. The molecule has 0 saturated carbocycles. The minimum atomic E-state index is -0.147. The van der Waals surface area contributed by atoms with Gasteiger partial charge in [0.1, 0.15) is 11.2 Å². The molecule has 66 heavy (non-hydrogen) atoms. The van der Waals surface area contributed by atoms with E-state index in [1.165, 1.54) is 66.3 Å². The van der Waals surface area contributed by atoms with Crippen molar-refractivity contribution < 1.29 is 4.42 Å². The topological polar surface area (TPSA) is 21.3 Å². The van der Waals surface area contributed by atoms with E-state index in [0.717, 1.165) is 55.8 Å². The number of nitrogens with zero attached hydrogens (tertiary/aromatic N) is 2. The maximum Gasteiger partial charge on any atom is 0.137 e. The van der Waals surface area contributed by atoms with E-state index in [1.54, 1.807) is 0 Å². The third-order valence-electron chi connectivity index (χ3n) is 14.0. The molecule has 0 amide bonds. The van der Waals surface area contributed by atoms with Gasteiger partial charge < -0.3 is 13.9 Å². The lowest BCUT2D eigenvalue weighted by atomic mass is 9.82. The first kappa shape index (κ1) is 38.1. The summed E-state index contributed by atoms with van der Waals surface area (Å²) in [5.74, 6) is 0. The van der Waals surface area contributed by atoms with Crippen molar-refractivity contribution in [2.24, 2.45) is 0 Å². The summed E-state index contributed by atoms with van der Waals surface area (Å²) >= 11 is 0. The molecule has 0 aliphatic heterocycles. The van der Waals surface area contributed by atoms with Gasteiger partial charge in [0.25, 0.3) is 0 Å². The number of benzene rings is 10. The molecule has 1 aliphatic rings. The van der Waals surface area contributed by atoms with Crippen LogP contribution in [0.1, 0.15) is 25.0 Å². The van der Waals surface area contributed by atoms with Crippen LogP contribution in [0.3, 0.4) is 0 Å². The zero-order valence-electron chi connectivity index (χ0n) is 36.7. The predicted molar refractivity (Wildman–Crippen MR) is 277 cm³/mol. The van der Waals surface area contributed by atoms with E-state index in [9.17, 15) is 0 Å². The number of fused-ring (bicyclic) bond motifs is 9. The molecule has 0 saturated heterocycles. The Morgan fingerprint density at radius 3 is 1.82 bits per heavy atom. The molecule has 0 atom stereocenters. The van der Waals surface area contributed by atoms with E-state index in [4.69, 9.17) is 4.42 Å². The van der Waals surface area contributed by atoms with E-state index < -0.39 is 0 Å². The fourth-order valence-electron chi connectivity index (χ4n) is 10.8. The van der Waals surface area contributed by atoms with Crippen molar-refractivity contribution in [2.45, 2.75) is 19.3 Å². The molecule has 312 valence electrons. The van der Waals surface area contributed by atoms with Crippen LogP contribution in [0.15, 0.2) is 235 Å². The van der Waals surface area contributed by atoms with Gasteiger partial charge in [-0.15, -0.1) is 0 Å². The molecule has 0 unspecified atom stereocenters. The summed E-state index contributed by atoms with van der Waals surface area (Å²) in [5, 5.41) is 4.62. The van der Waals surface area contributed by atoms with Gasteiger partial charge in [0.15, 0.2) is 0 Å². The number of hydrogen-bond acceptors (Lipinski definition) is 2. The molecule has 0 radical (unpaired) electrons. The average Bonchev–Trinajstić information content (AvgIpc) is 4.00. The van der Waals surface area contributed by atoms with E-state index in [2.05, 4.69) is 254 Å². The van der Waals surface area contributed by atoms with Crippen molar-refractivity contribution in [1.29, 1.82) is 0 Å². The lowest BCUT2D eigenvalue weighted by molar-refractivity contribution is 0.660. The Hall–Kier alpha value is -8.40. The molecule has 2 heterocycles. The number of rotatable bonds is 7. The predicted octanol–water partition coefficient (Wildman–Crippen LogP) is 17.5. The highest BCUT2D eigenvalue weighted by atomic mass is 16.3. The average molecular weight is 845 g/mol. The summed E-state index contributed by atoms with van der Waals surface area (Å²) < 4.78 is 9.19. The van der Waals surface area contributed by atoms with Crippen molar-refractivity contribution in [3.8, 4) is 50.2 Å². The maximum atomic E-state index is 6.77. The Kier molecular flexibility index (Phi) is 8.56. The van der Waals surface area contributed by atoms with E-state index in [-0.39, 0.29) is 5.41 Å². The first-order chi connectivity index (χ1) is 32.5. The van der Waals surface area contributed by atoms with E-state index in [0.29, 0.717) is 0 Å². The quantitative estimate of drug-likeness (QED) is 0.159. The van der Waals surface area contributed by atoms with Gasteiger partial charge in [-0.1, -0.05) is 178 Å². The fourth-order valence-corrected chi connectivity index (χ4v) is 10.8. The summed E-state index contributed by atoms with van der Waals surface area (Å²) in [6, 6.07) is 83.8. The van der Waals surface area contributed by atoms with Crippen molar-refractivity contribution in [2.75, 3.05) is 4.90 Å². The second kappa shape index (κ2) is 14.8. The van der Waals surface area contributed by atoms with Crippen molar-refractivity contribution in [3.63, 3.8) is 0 Å². The highest BCUT2D eigenvalue weighted by Gasteiger charge is 2.38. The van der Waals surface area contributed by atoms with Gasteiger partial charge in [-0.2, -0.15) is 0 Å². The zero-order chi connectivity index (χ0) is 43.9. The normalized spacial score (nSPS) is 12.8. The van der Waals surface area contributed by atoms with Gasteiger partial charge in [-0.25, -0.2) is 0 Å².